The normalized spacial score (nSPS) is 10.5. The molecular formula is C20H20FN3O2. The zero-order chi connectivity index (χ0) is 18.4. The summed E-state index contributed by atoms with van der Waals surface area (Å²) in [5.74, 6) is -0.316. The summed E-state index contributed by atoms with van der Waals surface area (Å²) >= 11 is 0. The van der Waals surface area contributed by atoms with Crippen LogP contribution in [0.2, 0.25) is 0 Å². The predicted octanol–water partition coefficient (Wildman–Crippen LogP) is 3.23. The number of ether oxygens (including phenoxy) is 1. The van der Waals surface area contributed by atoms with E-state index >= 15 is 0 Å². The zero-order valence-electron chi connectivity index (χ0n) is 14.5. The maximum atomic E-state index is 13.5. The largest absolute Gasteiger partial charge is 0.489 e. The van der Waals surface area contributed by atoms with Crippen molar-refractivity contribution < 1.29 is 13.9 Å². The van der Waals surface area contributed by atoms with Gasteiger partial charge in [0.25, 0.3) is 0 Å². The summed E-state index contributed by atoms with van der Waals surface area (Å²) in [7, 11) is 1.69. The lowest BCUT2D eigenvalue weighted by Gasteiger charge is -2.17. The van der Waals surface area contributed by atoms with Crippen LogP contribution in [0.1, 0.15) is 0 Å². The van der Waals surface area contributed by atoms with Crippen LogP contribution in [0, 0.1) is 5.82 Å². The van der Waals surface area contributed by atoms with Crippen LogP contribution in [-0.2, 0) is 11.3 Å². The Kier molecular flexibility index (Phi) is 5.63. The van der Waals surface area contributed by atoms with Gasteiger partial charge in [0, 0.05) is 18.8 Å². The predicted molar refractivity (Wildman–Crippen MR) is 97.2 cm³/mol. The summed E-state index contributed by atoms with van der Waals surface area (Å²) in [5, 5.41) is 4.24. The molecule has 0 unspecified atom stereocenters. The number of rotatable bonds is 7. The van der Waals surface area contributed by atoms with E-state index in [4.69, 9.17) is 4.74 Å². The number of benzene rings is 2. The van der Waals surface area contributed by atoms with Crippen molar-refractivity contribution in [3.8, 4) is 16.9 Å². The monoisotopic (exact) mass is 353 g/mol. The second kappa shape index (κ2) is 8.29. The third-order valence-corrected chi connectivity index (χ3v) is 3.98. The van der Waals surface area contributed by atoms with E-state index in [0.29, 0.717) is 6.54 Å². The van der Waals surface area contributed by atoms with Gasteiger partial charge in [-0.1, -0.05) is 42.5 Å². The summed E-state index contributed by atoms with van der Waals surface area (Å²) in [4.78, 5) is 13.8. The fourth-order valence-corrected chi connectivity index (χ4v) is 2.47. The van der Waals surface area contributed by atoms with E-state index in [1.807, 2.05) is 36.5 Å². The summed E-state index contributed by atoms with van der Waals surface area (Å²) in [6, 6.07) is 16.1. The second-order valence-electron chi connectivity index (χ2n) is 5.89. The second-order valence-corrected chi connectivity index (χ2v) is 5.89. The molecule has 5 nitrogen and oxygen atoms in total. The Morgan fingerprint density at radius 2 is 1.85 bits per heavy atom. The number of halogens is 1. The van der Waals surface area contributed by atoms with E-state index < -0.39 is 5.82 Å². The van der Waals surface area contributed by atoms with Crippen molar-refractivity contribution in [2.75, 3.05) is 20.2 Å². The molecule has 134 valence electrons. The minimum atomic E-state index is -0.411. The summed E-state index contributed by atoms with van der Waals surface area (Å²) in [5.41, 5.74) is 2.02. The number of carbonyl (C=O) groups excluding carboxylic acids is 1. The van der Waals surface area contributed by atoms with Gasteiger partial charge in [0.15, 0.2) is 11.6 Å². The van der Waals surface area contributed by atoms with Crippen molar-refractivity contribution in [2.45, 2.75) is 6.54 Å². The van der Waals surface area contributed by atoms with Crippen LogP contribution in [0.15, 0.2) is 67.0 Å². The molecule has 0 aliphatic carbocycles. The molecule has 0 atom stereocenters. The van der Waals surface area contributed by atoms with Gasteiger partial charge in [-0.05, 0) is 17.7 Å². The minimum Gasteiger partial charge on any atom is -0.489 e. The van der Waals surface area contributed by atoms with Gasteiger partial charge < -0.3 is 9.64 Å². The van der Waals surface area contributed by atoms with E-state index in [0.717, 1.165) is 11.1 Å². The van der Waals surface area contributed by atoms with Crippen molar-refractivity contribution in [1.29, 1.82) is 0 Å². The molecule has 0 fully saturated rings. The number of hydrogen-bond donors (Lipinski definition) is 0. The number of carbonyl (C=O) groups is 1. The Balaban J connectivity index is 1.50. The lowest BCUT2D eigenvalue weighted by Crippen LogP contribution is -2.33. The summed E-state index contributed by atoms with van der Waals surface area (Å²) in [6.07, 6.45) is 3.58. The van der Waals surface area contributed by atoms with Crippen molar-refractivity contribution in [1.82, 2.24) is 14.7 Å². The van der Waals surface area contributed by atoms with Gasteiger partial charge in [-0.15, -0.1) is 0 Å². The van der Waals surface area contributed by atoms with Gasteiger partial charge in [0.05, 0.1) is 12.7 Å². The maximum absolute atomic E-state index is 13.5. The average Bonchev–Trinajstić information content (AvgIpc) is 3.12. The minimum absolute atomic E-state index is 0.0927. The smallest absolute Gasteiger partial charge is 0.244 e. The molecule has 1 amide bonds. The van der Waals surface area contributed by atoms with Crippen molar-refractivity contribution in [3.63, 3.8) is 0 Å². The van der Waals surface area contributed by atoms with Crippen LogP contribution in [-0.4, -0.2) is 40.8 Å². The van der Waals surface area contributed by atoms with Gasteiger partial charge in [0.1, 0.15) is 13.2 Å². The van der Waals surface area contributed by atoms with Crippen LogP contribution in [0.4, 0.5) is 4.39 Å². The average molecular weight is 353 g/mol. The zero-order valence-corrected chi connectivity index (χ0v) is 14.5. The van der Waals surface area contributed by atoms with Gasteiger partial charge in [0.2, 0.25) is 5.91 Å². The van der Waals surface area contributed by atoms with Crippen molar-refractivity contribution in [2.24, 2.45) is 0 Å². The highest BCUT2D eigenvalue weighted by Gasteiger charge is 2.11. The number of likely N-dealkylation sites (N-methyl/N-ethyl adjacent to an activating group) is 1. The molecular weight excluding hydrogens is 333 g/mol. The first kappa shape index (κ1) is 17.7. The fourth-order valence-electron chi connectivity index (χ4n) is 2.47. The van der Waals surface area contributed by atoms with E-state index in [9.17, 15) is 9.18 Å². The fraction of sp³-hybridized carbons (Fsp3) is 0.200. The highest BCUT2D eigenvalue weighted by molar-refractivity contribution is 5.75. The highest BCUT2D eigenvalue weighted by Crippen LogP contribution is 2.17. The number of amides is 1. The molecule has 0 radical (unpaired) electrons. The first-order valence-electron chi connectivity index (χ1n) is 8.32. The van der Waals surface area contributed by atoms with Gasteiger partial charge in [-0.3, -0.25) is 9.48 Å². The molecule has 0 spiro atoms. The van der Waals surface area contributed by atoms with E-state index in [1.165, 1.54) is 6.07 Å². The molecule has 3 aromatic rings. The molecule has 2 aromatic carbocycles. The molecule has 0 saturated carbocycles. The number of nitrogens with zero attached hydrogens (tertiary/aromatic N) is 3. The van der Waals surface area contributed by atoms with E-state index in [-0.39, 0.29) is 24.8 Å². The Labute approximate surface area is 151 Å². The van der Waals surface area contributed by atoms with Gasteiger partial charge in [-0.25, -0.2) is 4.39 Å². The third kappa shape index (κ3) is 4.47. The Morgan fingerprint density at radius 3 is 2.62 bits per heavy atom. The van der Waals surface area contributed by atoms with Gasteiger partial charge >= 0.3 is 0 Å². The highest BCUT2D eigenvalue weighted by atomic mass is 19.1. The molecule has 0 saturated heterocycles. The van der Waals surface area contributed by atoms with Crippen LogP contribution in [0.5, 0.6) is 5.75 Å². The lowest BCUT2D eigenvalue weighted by molar-refractivity contribution is -0.131. The molecule has 1 aromatic heterocycles. The standard InChI is InChI=1S/C20H20FN3O2/c1-23(11-12-26-19-10-6-5-9-18(19)21)20(25)15-24-14-17(13-22-24)16-7-3-2-4-8-16/h2-10,13-14H,11-12,15H2,1H3. The topological polar surface area (TPSA) is 47.4 Å². The molecule has 6 heteroatoms. The SMILES string of the molecule is CN(CCOc1ccccc1F)C(=O)Cn1cc(-c2ccccc2)cn1. The molecule has 0 aliphatic rings. The summed E-state index contributed by atoms with van der Waals surface area (Å²) < 4.78 is 20.5. The Morgan fingerprint density at radius 1 is 1.12 bits per heavy atom. The molecule has 0 bridgehead atoms. The van der Waals surface area contributed by atoms with Crippen LogP contribution < -0.4 is 4.74 Å². The van der Waals surface area contributed by atoms with Crippen LogP contribution >= 0.6 is 0 Å². The molecule has 0 N–H and O–H groups in total. The number of hydrogen-bond acceptors (Lipinski definition) is 3. The quantitative estimate of drug-likeness (QED) is 0.655. The Hall–Kier alpha value is -3.15. The maximum Gasteiger partial charge on any atom is 0.244 e. The van der Waals surface area contributed by atoms with Crippen LogP contribution in [0.25, 0.3) is 11.1 Å². The van der Waals surface area contributed by atoms with Gasteiger partial charge in [-0.2, -0.15) is 5.10 Å². The Bertz CT molecular complexity index is 864. The molecule has 26 heavy (non-hydrogen) atoms. The van der Waals surface area contributed by atoms with Crippen molar-refractivity contribution in [3.05, 3.63) is 72.8 Å². The number of aromatic nitrogens is 2. The molecule has 3 rings (SSSR count). The first-order chi connectivity index (χ1) is 12.6. The van der Waals surface area contributed by atoms with E-state index in [1.54, 1.807) is 41.0 Å². The molecule has 1 heterocycles. The number of para-hydroxylation sites is 1. The third-order valence-electron chi connectivity index (χ3n) is 3.98. The van der Waals surface area contributed by atoms with E-state index in [2.05, 4.69) is 5.10 Å². The van der Waals surface area contributed by atoms with Crippen molar-refractivity contribution >= 4 is 5.91 Å². The van der Waals surface area contributed by atoms with Crippen LogP contribution in [0.3, 0.4) is 0 Å². The summed E-state index contributed by atoms with van der Waals surface area (Å²) in [6.45, 7) is 0.723. The lowest BCUT2D eigenvalue weighted by atomic mass is 10.1. The molecule has 0 aliphatic heterocycles. The first-order valence-corrected chi connectivity index (χ1v) is 8.32.